The van der Waals surface area contributed by atoms with Crippen molar-refractivity contribution < 1.29 is 18.7 Å². The molecule has 1 heterocycles. The molecule has 0 atom stereocenters. The first-order chi connectivity index (χ1) is 14.5. The van der Waals surface area contributed by atoms with Crippen LogP contribution < -0.4 is 10.6 Å². The quantitative estimate of drug-likeness (QED) is 0.474. The summed E-state index contributed by atoms with van der Waals surface area (Å²) >= 11 is 0. The standard InChI is InChI=1S/C23H23F2N3O2/c24-19-3-1-2-16(10-19)14-28-23(30)12-20-6-5-18(15-27-20)21-7-4-17(11-22(21)25)13-26-8-9-29/h1-7,10-11,15,26,29H,8-9,12-14H2,(H,28,30). The van der Waals surface area contributed by atoms with Crippen molar-refractivity contribution in [1.29, 1.82) is 0 Å². The Labute approximate surface area is 173 Å². The van der Waals surface area contributed by atoms with E-state index in [1.54, 1.807) is 30.3 Å². The van der Waals surface area contributed by atoms with Gasteiger partial charge in [0.2, 0.25) is 5.91 Å². The van der Waals surface area contributed by atoms with Crippen molar-refractivity contribution in [2.75, 3.05) is 13.2 Å². The molecule has 7 heteroatoms. The number of halogens is 2. The van der Waals surface area contributed by atoms with Gasteiger partial charge in [-0.2, -0.15) is 0 Å². The van der Waals surface area contributed by atoms with E-state index in [4.69, 9.17) is 5.11 Å². The molecular weight excluding hydrogens is 388 g/mol. The van der Waals surface area contributed by atoms with E-state index < -0.39 is 0 Å². The Morgan fingerprint density at radius 1 is 1.00 bits per heavy atom. The van der Waals surface area contributed by atoms with Gasteiger partial charge in [0.05, 0.1) is 13.0 Å². The van der Waals surface area contributed by atoms with Crippen LogP contribution in [0.1, 0.15) is 16.8 Å². The van der Waals surface area contributed by atoms with Gasteiger partial charge in [-0.25, -0.2) is 8.78 Å². The van der Waals surface area contributed by atoms with E-state index in [0.717, 1.165) is 5.56 Å². The number of aliphatic hydroxyl groups excluding tert-OH is 1. The number of nitrogens with zero attached hydrogens (tertiary/aromatic N) is 1. The number of carbonyl (C=O) groups excluding carboxylic acids is 1. The lowest BCUT2D eigenvalue weighted by molar-refractivity contribution is -0.120. The van der Waals surface area contributed by atoms with Gasteiger partial charge >= 0.3 is 0 Å². The van der Waals surface area contributed by atoms with Gasteiger partial charge in [0.15, 0.2) is 0 Å². The van der Waals surface area contributed by atoms with Gasteiger partial charge in [-0.05, 0) is 35.4 Å². The first-order valence-corrected chi connectivity index (χ1v) is 9.61. The SMILES string of the molecule is O=C(Cc1ccc(-c2ccc(CNCCO)cc2F)cn1)NCc1cccc(F)c1. The molecule has 0 saturated carbocycles. The number of carbonyl (C=O) groups is 1. The number of pyridine rings is 1. The lowest BCUT2D eigenvalue weighted by Gasteiger charge is -2.08. The summed E-state index contributed by atoms with van der Waals surface area (Å²) in [4.78, 5) is 16.4. The number of hydrogen-bond acceptors (Lipinski definition) is 4. The number of rotatable bonds is 9. The lowest BCUT2D eigenvalue weighted by atomic mass is 10.0. The van der Waals surface area contributed by atoms with Crippen molar-refractivity contribution >= 4 is 5.91 Å². The minimum absolute atomic E-state index is 0.0292. The average molecular weight is 411 g/mol. The predicted molar refractivity (Wildman–Crippen MR) is 110 cm³/mol. The molecule has 0 fully saturated rings. The van der Waals surface area contributed by atoms with E-state index in [0.29, 0.717) is 35.5 Å². The molecule has 30 heavy (non-hydrogen) atoms. The molecule has 0 aliphatic heterocycles. The van der Waals surface area contributed by atoms with E-state index in [-0.39, 0.29) is 37.1 Å². The molecule has 3 N–H and O–H groups in total. The molecule has 1 amide bonds. The number of aliphatic hydroxyl groups is 1. The van der Waals surface area contributed by atoms with Crippen LogP contribution in [0.5, 0.6) is 0 Å². The minimum Gasteiger partial charge on any atom is -0.395 e. The van der Waals surface area contributed by atoms with Crippen LogP contribution in [0.2, 0.25) is 0 Å². The summed E-state index contributed by atoms with van der Waals surface area (Å²) in [7, 11) is 0. The molecule has 0 aliphatic carbocycles. The molecule has 1 aromatic heterocycles. The monoisotopic (exact) mass is 411 g/mol. The molecule has 5 nitrogen and oxygen atoms in total. The zero-order valence-corrected chi connectivity index (χ0v) is 16.4. The van der Waals surface area contributed by atoms with Crippen LogP contribution in [-0.2, 0) is 24.3 Å². The maximum atomic E-state index is 14.4. The molecule has 0 bridgehead atoms. The number of nitrogens with one attached hydrogen (secondary N) is 2. The van der Waals surface area contributed by atoms with Crippen LogP contribution in [0.25, 0.3) is 11.1 Å². The van der Waals surface area contributed by atoms with E-state index in [1.807, 2.05) is 6.07 Å². The van der Waals surface area contributed by atoms with Gasteiger partial charge in [-0.1, -0.05) is 30.3 Å². The van der Waals surface area contributed by atoms with Crippen LogP contribution in [0.15, 0.2) is 60.8 Å². The Hall–Kier alpha value is -3.16. The molecule has 0 saturated heterocycles. The highest BCUT2D eigenvalue weighted by Crippen LogP contribution is 2.23. The normalized spacial score (nSPS) is 10.8. The molecule has 3 rings (SSSR count). The van der Waals surface area contributed by atoms with E-state index in [1.165, 1.54) is 24.4 Å². The number of aromatic nitrogens is 1. The topological polar surface area (TPSA) is 74.2 Å². The average Bonchev–Trinajstić information content (AvgIpc) is 2.73. The van der Waals surface area contributed by atoms with Gasteiger partial charge in [0.1, 0.15) is 11.6 Å². The van der Waals surface area contributed by atoms with Crippen molar-refractivity contribution in [3.8, 4) is 11.1 Å². The largest absolute Gasteiger partial charge is 0.395 e. The van der Waals surface area contributed by atoms with Gasteiger partial charge in [0.25, 0.3) is 0 Å². The highest BCUT2D eigenvalue weighted by atomic mass is 19.1. The summed E-state index contributed by atoms with van der Waals surface area (Å²) in [5.41, 5.74) is 3.06. The van der Waals surface area contributed by atoms with E-state index >= 15 is 0 Å². The van der Waals surface area contributed by atoms with Crippen molar-refractivity contribution in [3.63, 3.8) is 0 Å². The smallest absolute Gasteiger partial charge is 0.226 e. The van der Waals surface area contributed by atoms with Gasteiger partial charge < -0.3 is 15.7 Å². The van der Waals surface area contributed by atoms with Crippen LogP contribution >= 0.6 is 0 Å². The molecule has 3 aromatic rings. The third-order valence-corrected chi connectivity index (χ3v) is 4.51. The fourth-order valence-electron chi connectivity index (χ4n) is 2.98. The van der Waals surface area contributed by atoms with Gasteiger partial charge in [0, 0.05) is 42.7 Å². The third-order valence-electron chi connectivity index (χ3n) is 4.51. The maximum Gasteiger partial charge on any atom is 0.226 e. The zero-order valence-electron chi connectivity index (χ0n) is 16.4. The predicted octanol–water partition coefficient (Wildman–Crippen LogP) is 2.97. The summed E-state index contributed by atoms with van der Waals surface area (Å²) in [5.74, 6) is -0.938. The number of amides is 1. The number of hydrogen-bond donors (Lipinski definition) is 3. The van der Waals surface area contributed by atoms with Gasteiger partial charge in [-0.15, -0.1) is 0 Å². The van der Waals surface area contributed by atoms with E-state index in [2.05, 4.69) is 15.6 Å². The molecular formula is C23H23F2N3O2. The van der Waals surface area contributed by atoms with Crippen molar-refractivity contribution in [3.05, 3.63) is 89.2 Å². The van der Waals surface area contributed by atoms with Crippen LogP contribution in [0.4, 0.5) is 8.78 Å². The molecule has 2 aromatic carbocycles. The lowest BCUT2D eigenvalue weighted by Crippen LogP contribution is -2.24. The van der Waals surface area contributed by atoms with Crippen LogP contribution in [0.3, 0.4) is 0 Å². The van der Waals surface area contributed by atoms with E-state index in [9.17, 15) is 13.6 Å². The summed E-state index contributed by atoms with van der Waals surface area (Å²) in [6, 6.07) is 14.4. The summed E-state index contributed by atoms with van der Waals surface area (Å²) in [6.45, 7) is 1.19. The highest BCUT2D eigenvalue weighted by molar-refractivity contribution is 5.78. The van der Waals surface area contributed by atoms with Crippen molar-refractivity contribution in [2.24, 2.45) is 0 Å². The number of benzene rings is 2. The minimum atomic E-state index is -0.360. The summed E-state index contributed by atoms with van der Waals surface area (Å²) < 4.78 is 27.6. The Kier molecular flexibility index (Phi) is 7.59. The Bertz CT molecular complexity index is 994. The van der Waals surface area contributed by atoms with Crippen LogP contribution in [-0.4, -0.2) is 29.1 Å². The van der Waals surface area contributed by atoms with Crippen molar-refractivity contribution in [1.82, 2.24) is 15.6 Å². The highest BCUT2D eigenvalue weighted by Gasteiger charge is 2.09. The zero-order chi connectivity index (χ0) is 21.3. The molecule has 0 radical (unpaired) electrons. The molecule has 0 unspecified atom stereocenters. The fraction of sp³-hybridized carbons (Fsp3) is 0.217. The summed E-state index contributed by atoms with van der Waals surface area (Å²) in [6.07, 6.45) is 1.62. The van der Waals surface area contributed by atoms with Gasteiger partial charge in [-0.3, -0.25) is 9.78 Å². The second kappa shape index (κ2) is 10.6. The first-order valence-electron chi connectivity index (χ1n) is 9.61. The molecule has 0 aliphatic rings. The maximum absolute atomic E-state index is 14.4. The molecule has 0 spiro atoms. The summed E-state index contributed by atoms with van der Waals surface area (Å²) in [5, 5.41) is 14.5. The fourth-order valence-corrected chi connectivity index (χ4v) is 2.98. The first kappa shape index (κ1) is 21.5. The van der Waals surface area contributed by atoms with Crippen molar-refractivity contribution in [2.45, 2.75) is 19.5 Å². The second-order valence-electron chi connectivity index (χ2n) is 6.84. The molecule has 156 valence electrons. The Balaban J connectivity index is 1.57. The second-order valence-corrected chi connectivity index (χ2v) is 6.84. The van der Waals surface area contributed by atoms with Crippen LogP contribution in [0, 0.1) is 11.6 Å². The Morgan fingerprint density at radius 2 is 1.83 bits per heavy atom. The Morgan fingerprint density at radius 3 is 2.53 bits per heavy atom. The third kappa shape index (κ3) is 6.17.